The molecule has 0 aliphatic carbocycles. The van der Waals surface area contributed by atoms with Gasteiger partial charge in [-0.05, 0) is 47.5 Å². The molecule has 3 rings (SSSR count). The lowest BCUT2D eigenvalue weighted by Gasteiger charge is -2.12. The van der Waals surface area contributed by atoms with E-state index < -0.39 is 22.6 Å². The summed E-state index contributed by atoms with van der Waals surface area (Å²) >= 11 is 0. The zero-order valence-corrected chi connectivity index (χ0v) is 15.4. The van der Waals surface area contributed by atoms with Crippen LogP contribution in [0.1, 0.15) is 16.7 Å². The first kappa shape index (κ1) is 20.8. The average Bonchev–Trinajstić information content (AvgIpc) is 2.72. The predicted molar refractivity (Wildman–Crippen MR) is 107 cm³/mol. The van der Waals surface area contributed by atoms with Crippen LogP contribution in [-0.4, -0.2) is 10.8 Å². The molecule has 30 heavy (non-hydrogen) atoms. The minimum atomic E-state index is -4.53. The van der Waals surface area contributed by atoms with Gasteiger partial charge in [0.2, 0.25) is 0 Å². The second-order valence-corrected chi connectivity index (χ2v) is 6.31. The standard InChI is InChI=1S/C22H15F3N2O3/c23-22(24,25)17-7-4-8-18(14-17)26-21(28)20(16-5-2-1-3-6-16)13-15-9-11-19(12-10-15)27(29)30/h1-14H,(H,26,28)/b20-13+. The summed E-state index contributed by atoms with van der Waals surface area (Å²) in [5.74, 6) is -0.612. The van der Waals surface area contributed by atoms with Gasteiger partial charge >= 0.3 is 6.18 Å². The average molecular weight is 412 g/mol. The predicted octanol–water partition coefficient (Wildman–Crippen LogP) is 5.79. The molecule has 3 aromatic carbocycles. The van der Waals surface area contributed by atoms with E-state index >= 15 is 0 Å². The molecule has 8 heteroatoms. The molecule has 0 radical (unpaired) electrons. The maximum Gasteiger partial charge on any atom is 0.416 e. The number of carbonyl (C=O) groups is 1. The number of amides is 1. The van der Waals surface area contributed by atoms with Gasteiger partial charge in [0, 0.05) is 23.4 Å². The van der Waals surface area contributed by atoms with Crippen molar-refractivity contribution in [3.05, 3.63) is 106 Å². The third kappa shape index (κ3) is 5.11. The Kier molecular flexibility index (Phi) is 5.96. The number of benzene rings is 3. The second-order valence-electron chi connectivity index (χ2n) is 6.31. The highest BCUT2D eigenvalue weighted by molar-refractivity contribution is 6.29. The highest BCUT2D eigenvalue weighted by atomic mass is 19.4. The molecule has 0 fully saturated rings. The van der Waals surface area contributed by atoms with Gasteiger partial charge in [-0.15, -0.1) is 0 Å². The fourth-order valence-corrected chi connectivity index (χ4v) is 2.73. The van der Waals surface area contributed by atoms with Crippen LogP contribution in [0.3, 0.4) is 0 Å². The van der Waals surface area contributed by atoms with E-state index in [1.807, 2.05) is 0 Å². The van der Waals surface area contributed by atoms with Crippen molar-refractivity contribution >= 4 is 28.9 Å². The van der Waals surface area contributed by atoms with Gasteiger partial charge in [0.1, 0.15) is 0 Å². The van der Waals surface area contributed by atoms with E-state index in [4.69, 9.17) is 0 Å². The molecule has 0 atom stereocenters. The zero-order valence-electron chi connectivity index (χ0n) is 15.4. The van der Waals surface area contributed by atoms with Crippen LogP contribution in [0.5, 0.6) is 0 Å². The van der Waals surface area contributed by atoms with Crippen molar-refractivity contribution < 1.29 is 22.9 Å². The highest BCUT2D eigenvalue weighted by Crippen LogP contribution is 2.31. The maximum absolute atomic E-state index is 12.9. The van der Waals surface area contributed by atoms with Crippen molar-refractivity contribution in [2.45, 2.75) is 6.18 Å². The summed E-state index contributed by atoms with van der Waals surface area (Å²) in [4.78, 5) is 23.2. The molecule has 0 aliphatic rings. The van der Waals surface area contributed by atoms with Gasteiger partial charge in [-0.2, -0.15) is 13.2 Å². The normalized spacial score (nSPS) is 11.8. The first-order valence-electron chi connectivity index (χ1n) is 8.74. The molecule has 0 aromatic heterocycles. The van der Waals surface area contributed by atoms with Crippen LogP contribution in [0.2, 0.25) is 0 Å². The molecular weight excluding hydrogens is 397 g/mol. The number of hydrogen-bond acceptors (Lipinski definition) is 3. The number of nitrogens with zero attached hydrogens (tertiary/aromatic N) is 1. The summed E-state index contributed by atoms with van der Waals surface area (Å²) in [6.45, 7) is 0. The van der Waals surface area contributed by atoms with E-state index in [0.717, 1.165) is 12.1 Å². The van der Waals surface area contributed by atoms with E-state index in [0.29, 0.717) is 11.1 Å². The number of alkyl halides is 3. The SMILES string of the molecule is O=C(Nc1cccc(C(F)(F)F)c1)/C(=C/c1ccc([N+](=O)[O-])cc1)c1ccccc1. The van der Waals surface area contributed by atoms with Gasteiger partial charge in [-0.3, -0.25) is 14.9 Å². The molecule has 5 nitrogen and oxygen atoms in total. The number of nitro benzene ring substituents is 1. The van der Waals surface area contributed by atoms with Gasteiger partial charge in [-0.25, -0.2) is 0 Å². The molecule has 3 aromatic rings. The molecule has 0 aliphatic heterocycles. The Bertz CT molecular complexity index is 1090. The smallest absolute Gasteiger partial charge is 0.322 e. The van der Waals surface area contributed by atoms with Crippen LogP contribution in [-0.2, 0) is 11.0 Å². The van der Waals surface area contributed by atoms with Gasteiger partial charge in [0.05, 0.1) is 10.5 Å². The van der Waals surface area contributed by atoms with Gasteiger partial charge in [0.15, 0.2) is 0 Å². The molecule has 0 saturated carbocycles. The van der Waals surface area contributed by atoms with Crippen LogP contribution in [0.4, 0.5) is 24.5 Å². The van der Waals surface area contributed by atoms with Crippen molar-refractivity contribution in [2.24, 2.45) is 0 Å². The van der Waals surface area contributed by atoms with Gasteiger partial charge in [-0.1, -0.05) is 36.4 Å². The van der Waals surface area contributed by atoms with E-state index in [1.165, 1.54) is 42.5 Å². The summed E-state index contributed by atoms with van der Waals surface area (Å²) in [7, 11) is 0. The minimum absolute atomic E-state index is 0.000329. The number of nitro groups is 1. The van der Waals surface area contributed by atoms with Crippen LogP contribution in [0, 0.1) is 10.1 Å². The van der Waals surface area contributed by atoms with Crippen LogP contribution >= 0.6 is 0 Å². The Morgan fingerprint density at radius 2 is 1.60 bits per heavy atom. The lowest BCUT2D eigenvalue weighted by Crippen LogP contribution is -2.14. The minimum Gasteiger partial charge on any atom is -0.322 e. The van der Waals surface area contributed by atoms with Crippen molar-refractivity contribution in [2.75, 3.05) is 5.32 Å². The van der Waals surface area contributed by atoms with E-state index in [-0.39, 0.29) is 16.9 Å². The molecule has 1 N–H and O–H groups in total. The fraction of sp³-hybridized carbons (Fsp3) is 0.0455. The number of anilines is 1. The Balaban J connectivity index is 1.95. The molecule has 152 valence electrons. The number of non-ortho nitro benzene ring substituents is 1. The Labute approximate surface area is 169 Å². The fourth-order valence-electron chi connectivity index (χ4n) is 2.73. The third-order valence-electron chi connectivity index (χ3n) is 4.19. The maximum atomic E-state index is 12.9. The first-order valence-corrected chi connectivity index (χ1v) is 8.74. The molecular formula is C22H15F3N2O3. The summed E-state index contributed by atoms with van der Waals surface area (Å²) in [6.07, 6.45) is -3.01. The van der Waals surface area contributed by atoms with Crippen LogP contribution < -0.4 is 5.32 Å². The zero-order chi connectivity index (χ0) is 21.7. The van der Waals surface area contributed by atoms with Crippen LogP contribution in [0.25, 0.3) is 11.6 Å². The van der Waals surface area contributed by atoms with Gasteiger partial charge in [0.25, 0.3) is 11.6 Å². The van der Waals surface area contributed by atoms with Gasteiger partial charge < -0.3 is 5.32 Å². The monoisotopic (exact) mass is 412 g/mol. The van der Waals surface area contributed by atoms with E-state index in [2.05, 4.69) is 5.32 Å². The molecule has 0 unspecified atom stereocenters. The number of hydrogen-bond donors (Lipinski definition) is 1. The number of halogens is 3. The largest absolute Gasteiger partial charge is 0.416 e. The molecule has 0 heterocycles. The van der Waals surface area contributed by atoms with Crippen molar-refractivity contribution in [1.82, 2.24) is 0 Å². The Morgan fingerprint density at radius 1 is 0.933 bits per heavy atom. The summed E-state index contributed by atoms with van der Waals surface area (Å²) in [6, 6.07) is 18.5. The molecule has 0 saturated heterocycles. The number of nitrogens with one attached hydrogen (secondary N) is 1. The van der Waals surface area contributed by atoms with Crippen molar-refractivity contribution in [3.63, 3.8) is 0 Å². The topological polar surface area (TPSA) is 72.2 Å². The molecule has 1 amide bonds. The lowest BCUT2D eigenvalue weighted by molar-refractivity contribution is -0.384. The lowest BCUT2D eigenvalue weighted by atomic mass is 10.0. The number of carbonyl (C=O) groups excluding carboxylic acids is 1. The quantitative estimate of drug-likeness (QED) is 0.249. The van der Waals surface area contributed by atoms with Crippen molar-refractivity contribution in [1.29, 1.82) is 0 Å². The van der Waals surface area contributed by atoms with Crippen molar-refractivity contribution in [3.8, 4) is 0 Å². The van der Waals surface area contributed by atoms with E-state index in [9.17, 15) is 28.1 Å². The Morgan fingerprint density at radius 3 is 2.20 bits per heavy atom. The summed E-state index contributed by atoms with van der Waals surface area (Å²) in [5.41, 5.74) is 0.295. The highest BCUT2D eigenvalue weighted by Gasteiger charge is 2.30. The molecule has 0 bridgehead atoms. The summed E-state index contributed by atoms with van der Waals surface area (Å²) < 4.78 is 38.8. The third-order valence-corrected chi connectivity index (χ3v) is 4.19. The first-order chi connectivity index (χ1) is 14.2. The Hall–Kier alpha value is -3.94. The van der Waals surface area contributed by atoms with E-state index in [1.54, 1.807) is 30.3 Å². The summed E-state index contributed by atoms with van der Waals surface area (Å²) in [5, 5.41) is 13.3. The second kappa shape index (κ2) is 8.60. The number of rotatable bonds is 5. The van der Waals surface area contributed by atoms with Crippen LogP contribution in [0.15, 0.2) is 78.9 Å². The molecule has 0 spiro atoms.